The van der Waals surface area contributed by atoms with Gasteiger partial charge in [0, 0.05) is 19.6 Å². The molecular weight excluding hydrogens is 168 g/mol. The Kier molecular flexibility index (Phi) is 6.86. The predicted octanol–water partition coefficient (Wildman–Crippen LogP) is 1.71. The summed E-state index contributed by atoms with van der Waals surface area (Å²) in [6.45, 7) is 10.4. The van der Waals surface area contributed by atoms with Crippen molar-refractivity contribution < 1.29 is 14.6 Å². The molecule has 0 spiro atoms. The molecule has 0 amide bonds. The summed E-state index contributed by atoms with van der Waals surface area (Å²) in [7, 11) is 0. The standard InChI is InChI=1S/C10H20O3/c1-5-12-10(13-6-2)7-9(11)8(3)4/h9-11H,3,5-7H2,1-2,4H3. The van der Waals surface area contributed by atoms with Crippen LogP contribution in [0.3, 0.4) is 0 Å². The molecule has 0 heterocycles. The van der Waals surface area contributed by atoms with Crippen molar-refractivity contribution >= 4 is 0 Å². The van der Waals surface area contributed by atoms with E-state index in [1.54, 1.807) is 6.92 Å². The lowest BCUT2D eigenvalue weighted by Gasteiger charge is -2.20. The molecule has 0 aromatic carbocycles. The number of ether oxygens (including phenoxy) is 2. The maximum atomic E-state index is 9.49. The summed E-state index contributed by atoms with van der Waals surface area (Å²) in [5.74, 6) is 0. The summed E-state index contributed by atoms with van der Waals surface area (Å²) in [5, 5.41) is 9.49. The highest BCUT2D eigenvalue weighted by atomic mass is 16.7. The van der Waals surface area contributed by atoms with Crippen LogP contribution in [0.25, 0.3) is 0 Å². The first-order valence-corrected chi connectivity index (χ1v) is 4.68. The average molecular weight is 188 g/mol. The molecule has 0 bridgehead atoms. The van der Waals surface area contributed by atoms with Gasteiger partial charge in [-0.2, -0.15) is 0 Å². The Balaban J connectivity index is 3.85. The van der Waals surface area contributed by atoms with E-state index in [4.69, 9.17) is 9.47 Å². The first-order chi connectivity index (χ1) is 6.11. The minimum Gasteiger partial charge on any atom is -0.389 e. The van der Waals surface area contributed by atoms with Crippen molar-refractivity contribution in [1.82, 2.24) is 0 Å². The molecule has 0 saturated carbocycles. The van der Waals surface area contributed by atoms with E-state index in [2.05, 4.69) is 6.58 Å². The molecule has 1 N–H and O–H groups in total. The first-order valence-electron chi connectivity index (χ1n) is 4.68. The highest BCUT2D eigenvalue weighted by Gasteiger charge is 2.14. The van der Waals surface area contributed by atoms with Crippen molar-refractivity contribution in [2.75, 3.05) is 13.2 Å². The minimum atomic E-state index is -0.539. The Hall–Kier alpha value is -0.380. The zero-order valence-electron chi connectivity index (χ0n) is 8.75. The number of aliphatic hydroxyl groups excluding tert-OH is 1. The summed E-state index contributed by atoms with van der Waals surface area (Å²) in [6.07, 6.45) is -0.401. The van der Waals surface area contributed by atoms with Gasteiger partial charge >= 0.3 is 0 Å². The van der Waals surface area contributed by atoms with Crippen LogP contribution in [0.5, 0.6) is 0 Å². The molecule has 0 aromatic heterocycles. The molecular formula is C10H20O3. The van der Waals surface area contributed by atoms with E-state index >= 15 is 0 Å². The second kappa shape index (κ2) is 7.06. The van der Waals surface area contributed by atoms with Crippen LogP contribution in [0.2, 0.25) is 0 Å². The SMILES string of the molecule is C=C(C)C(O)CC(OCC)OCC. The number of aliphatic hydroxyl groups is 1. The fourth-order valence-electron chi connectivity index (χ4n) is 0.939. The summed E-state index contributed by atoms with van der Waals surface area (Å²) < 4.78 is 10.6. The summed E-state index contributed by atoms with van der Waals surface area (Å²) >= 11 is 0. The molecule has 0 aliphatic carbocycles. The first kappa shape index (κ1) is 12.6. The van der Waals surface area contributed by atoms with Gasteiger partial charge < -0.3 is 14.6 Å². The maximum absolute atomic E-state index is 9.49. The van der Waals surface area contributed by atoms with Crippen LogP contribution >= 0.6 is 0 Å². The lowest BCUT2D eigenvalue weighted by molar-refractivity contribution is -0.149. The topological polar surface area (TPSA) is 38.7 Å². The summed E-state index contributed by atoms with van der Waals surface area (Å²) in [6, 6.07) is 0. The quantitative estimate of drug-likeness (QED) is 0.488. The van der Waals surface area contributed by atoms with Crippen LogP contribution in [0.15, 0.2) is 12.2 Å². The molecule has 0 aliphatic heterocycles. The van der Waals surface area contributed by atoms with Gasteiger partial charge in [-0.15, -0.1) is 0 Å². The summed E-state index contributed by atoms with van der Waals surface area (Å²) in [5.41, 5.74) is 0.740. The van der Waals surface area contributed by atoms with Crippen molar-refractivity contribution in [1.29, 1.82) is 0 Å². The van der Waals surface area contributed by atoms with Gasteiger partial charge in [0.15, 0.2) is 6.29 Å². The Bertz CT molecular complexity index is 139. The molecule has 3 nitrogen and oxygen atoms in total. The van der Waals surface area contributed by atoms with Crippen molar-refractivity contribution in [3.05, 3.63) is 12.2 Å². The van der Waals surface area contributed by atoms with Crippen LogP contribution < -0.4 is 0 Å². The molecule has 78 valence electrons. The molecule has 0 rings (SSSR count). The minimum absolute atomic E-state index is 0.318. The van der Waals surface area contributed by atoms with Crippen LogP contribution in [-0.2, 0) is 9.47 Å². The monoisotopic (exact) mass is 188 g/mol. The van der Waals surface area contributed by atoms with Crippen LogP contribution in [0.4, 0.5) is 0 Å². The molecule has 3 heteroatoms. The van der Waals surface area contributed by atoms with Gasteiger partial charge in [-0.3, -0.25) is 0 Å². The van der Waals surface area contributed by atoms with Crippen molar-refractivity contribution in [2.24, 2.45) is 0 Å². The number of hydrogen-bond donors (Lipinski definition) is 1. The van der Waals surface area contributed by atoms with Gasteiger partial charge in [-0.1, -0.05) is 12.2 Å². The molecule has 0 aromatic rings. The molecule has 1 atom stereocenters. The van der Waals surface area contributed by atoms with Crippen LogP contribution in [-0.4, -0.2) is 30.7 Å². The molecule has 0 radical (unpaired) electrons. The Morgan fingerprint density at radius 3 is 2.08 bits per heavy atom. The van der Waals surface area contributed by atoms with E-state index < -0.39 is 6.10 Å². The zero-order chi connectivity index (χ0) is 10.3. The van der Waals surface area contributed by atoms with Crippen molar-refractivity contribution in [2.45, 2.75) is 39.6 Å². The lowest BCUT2D eigenvalue weighted by atomic mass is 10.1. The van der Waals surface area contributed by atoms with Crippen molar-refractivity contribution in [3.63, 3.8) is 0 Å². The Morgan fingerprint density at radius 1 is 1.31 bits per heavy atom. The highest BCUT2D eigenvalue weighted by molar-refractivity contribution is 4.96. The fraction of sp³-hybridized carbons (Fsp3) is 0.800. The van der Waals surface area contributed by atoms with Crippen LogP contribution in [0.1, 0.15) is 27.2 Å². The van der Waals surface area contributed by atoms with E-state index in [0.29, 0.717) is 19.6 Å². The van der Waals surface area contributed by atoms with E-state index in [9.17, 15) is 5.11 Å². The van der Waals surface area contributed by atoms with E-state index in [-0.39, 0.29) is 6.29 Å². The number of rotatable bonds is 7. The number of hydrogen-bond acceptors (Lipinski definition) is 3. The van der Waals surface area contributed by atoms with E-state index in [0.717, 1.165) is 5.57 Å². The molecule has 0 fully saturated rings. The largest absolute Gasteiger partial charge is 0.389 e. The Morgan fingerprint density at radius 2 is 1.77 bits per heavy atom. The second-order valence-electron chi connectivity index (χ2n) is 2.94. The third-order valence-corrected chi connectivity index (χ3v) is 1.69. The van der Waals surface area contributed by atoms with E-state index in [1.807, 2.05) is 13.8 Å². The lowest BCUT2D eigenvalue weighted by Crippen LogP contribution is -2.24. The molecule has 0 saturated heterocycles. The smallest absolute Gasteiger partial charge is 0.160 e. The maximum Gasteiger partial charge on any atom is 0.160 e. The van der Waals surface area contributed by atoms with E-state index in [1.165, 1.54) is 0 Å². The predicted molar refractivity (Wildman–Crippen MR) is 52.5 cm³/mol. The zero-order valence-corrected chi connectivity index (χ0v) is 8.75. The third kappa shape index (κ3) is 5.80. The fourth-order valence-corrected chi connectivity index (χ4v) is 0.939. The van der Waals surface area contributed by atoms with Gasteiger partial charge in [0.1, 0.15) is 0 Å². The van der Waals surface area contributed by atoms with Gasteiger partial charge in [-0.25, -0.2) is 0 Å². The Labute approximate surface area is 80.4 Å². The third-order valence-electron chi connectivity index (χ3n) is 1.69. The normalized spacial score (nSPS) is 13.3. The van der Waals surface area contributed by atoms with Crippen molar-refractivity contribution in [3.8, 4) is 0 Å². The van der Waals surface area contributed by atoms with Gasteiger partial charge in [0.2, 0.25) is 0 Å². The molecule has 13 heavy (non-hydrogen) atoms. The summed E-state index contributed by atoms with van der Waals surface area (Å²) in [4.78, 5) is 0. The van der Waals surface area contributed by atoms with Gasteiger partial charge in [0.25, 0.3) is 0 Å². The van der Waals surface area contributed by atoms with Gasteiger partial charge in [-0.05, 0) is 20.8 Å². The average Bonchev–Trinajstić information content (AvgIpc) is 2.05. The highest BCUT2D eigenvalue weighted by Crippen LogP contribution is 2.10. The second-order valence-corrected chi connectivity index (χ2v) is 2.94. The molecule has 0 aliphatic rings. The van der Waals surface area contributed by atoms with Crippen LogP contribution in [0, 0.1) is 0 Å². The molecule has 1 unspecified atom stereocenters. The van der Waals surface area contributed by atoms with Gasteiger partial charge in [0.05, 0.1) is 6.10 Å².